The lowest BCUT2D eigenvalue weighted by Gasteiger charge is -2.25. The van der Waals surface area contributed by atoms with Crippen molar-refractivity contribution >= 4 is 22.4 Å². The predicted molar refractivity (Wildman–Crippen MR) is 144 cm³/mol. The molecule has 0 amide bonds. The Labute approximate surface area is 215 Å². The van der Waals surface area contributed by atoms with Gasteiger partial charge in [0.2, 0.25) is 0 Å². The Morgan fingerprint density at radius 2 is 1.41 bits per heavy atom. The van der Waals surface area contributed by atoms with Gasteiger partial charge in [0.05, 0.1) is 5.56 Å². The summed E-state index contributed by atoms with van der Waals surface area (Å²) in [6, 6.07) is 35.8. The molecule has 4 nitrogen and oxygen atoms in total. The Bertz CT molecular complexity index is 1510. The summed E-state index contributed by atoms with van der Waals surface area (Å²) in [5.74, 6) is -0.475. The normalized spacial score (nSPS) is 10.8. The number of carboxylic acid groups (broad SMARTS) is 1. The average molecular weight is 492 g/mol. The second kappa shape index (κ2) is 11.0. The molecule has 0 radical (unpaired) electrons. The zero-order chi connectivity index (χ0) is 25.6. The smallest absolute Gasteiger partial charge is 0.335 e. The molecule has 1 N–H and O–H groups in total. The predicted octanol–water partition coefficient (Wildman–Crippen LogP) is 7.46. The third-order valence-corrected chi connectivity index (χ3v) is 6.26. The van der Waals surface area contributed by atoms with E-state index in [0.717, 1.165) is 28.1 Å². The summed E-state index contributed by atoms with van der Waals surface area (Å²) in [5, 5.41) is 11.6. The van der Waals surface area contributed by atoms with E-state index in [-0.39, 0.29) is 11.4 Å². The molecule has 5 aromatic rings. The van der Waals surface area contributed by atoms with Gasteiger partial charge in [0, 0.05) is 18.8 Å². The van der Waals surface area contributed by atoms with Crippen molar-refractivity contribution in [1.29, 1.82) is 0 Å². The standard InChI is InChI=1S/C32H26FNO3/c33-29-7-3-4-24(19-29)21-34(20-23-8-12-27(13-9-23)32(35)36)30-14-16-31(17-15-30)37-22-25-10-11-26-5-1-2-6-28(26)18-25/h1-19H,20-22H2,(H,35,36). The molecular formula is C32H26FNO3. The van der Waals surface area contributed by atoms with Crippen LogP contribution in [0, 0.1) is 5.82 Å². The zero-order valence-corrected chi connectivity index (χ0v) is 20.2. The quantitative estimate of drug-likeness (QED) is 0.232. The van der Waals surface area contributed by atoms with E-state index in [2.05, 4.69) is 35.2 Å². The topological polar surface area (TPSA) is 49.8 Å². The lowest BCUT2D eigenvalue weighted by Crippen LogP contribution is -2.22. The van der Waals surface area contributed by atoms with E-state index in [1.165, 1.54) is 22.9 Å². The van der Waals surface area contributed by atoms with E-state index in [0.29, 0.717) is 19.7 Å². The summed E-state index contributed by atoms with van der Waals surface area (Å²) in [5.41, 5.74) is 4.09. The van der Waals surface area contributed by atoms with Gasteiger partial charge in [0.15, 0.2) is 0 Å². The van der Waals surface area contributed by atoms with Gasteiger partial charge in [-0.15, -0.1) is 0 Å². The Hall–Kier alpha value is -4.64. The van der Waals surface area contributed by atoms with Crippen molar-refractivity contribution in [2.45, 2.75) is 19.7 Å². The van der Waals surface area contributed by atoms with Crippen LogP contribution in [0.1, 0.15) is 27.0 Å². The van der Waals surface area contributed by atoms with E-state index in [4.69, 9.17) is 4.74 Å². The highest BCUT2D eigenvalue weighted by molar-refractivity contribution is 5.87. The summed E-state index contributed by atoms with van der Waals surface area (Å²) in [6.45, 7) is 1.50. The molecule has 0 saturated carbocycles. The second-order valence-electron chi connectivity index (χ2n) is 8.95. The Morgan fingerprint density at radius 1 is 0.703 bits per heavy atom. The van der Waals surface area contributed by atoms with Crippen LogP contribution in [0.2, 0.25) is 0 Å². The molecule has 37 heavy (non-hydrogen) atoms. The molecule has 5 heteroatoms. The van der Waals surface area contributed by atoms with Crippen LogP contribution in [0.25, 0.3) is 10.8 Å². The molecule has 0 aromatic heterocycles. The van der Waals surface area contributed by atoms with Crippen molar-refractivity contribution in [2.24, 2.45) is 0 Å². The van der Waals surface area contributed by atoms with Crippen LogP contribution >= 0.6 is 0 Å². The van der Waals surface area contributed by atoms with E-state index in [9.17, 15) is 14.3 Å². The third kappa shape index (κ3) is 6.14. The molecule has 184 valence electrons. The number of hydrogen-bond donors (Lipinski definition) is 1. The van der Waals surface area contributed by atoms with E-state index >= 15 is 0 Å². The number of hydrogen-bond acceptors (Lipinski definition) is 3. The first-order valence-corrected chi connectivity index (χ1v) is 12.1. The fourth-order valence-corrected chi connectivity index (χ4v) is 4.32. The molecule has 0 atom stereocenters. The van der Waals surface area contributed by atoms with Crippen molar-refractivity contribution in [3.63, 3.8) is 0 Å². The molecule has 0 spiro atoms. The number of fused-ring (bicyclic) bond motifs is 1. The molecule has 0 heterocycles. The van der Waals surface area contributed by atoms with Crippen LogP contribution in [-0.2, 0) is 19.7 Å². The number of anilines is 1. The van der Waals surface area contributed by atoms with Crippen LogP contribution < -0.4 is 9.64 Å². The molecule has 5 aromatic carbocycles. The maximum atomic E-state index is 13.8. The molecule has 0 unspecified atom stereocenters. The molecule has 0 saturated heterocycles. The number of aromatic carboxylic acids is 1. The zero-order valence-electron chi connectivity index (χ0n) is 20.2. The summed E-state index contributed by atoms with van der Waals surface area (Å²) in [7, 11) is 0. The first-order chi connectivity index (χ1) is 18.0. The summed E-state index contributed by atoms with van der Waals surface area (Å²) in [6.07, 6.45) is 0. The number of nitrogens with zero attached hydrogens (tertiary/aromatic N) is 1. The van der Waals surface area contributed by atoms with Crippen LogP contribution in [-0.4, -0.2) is 11.1 Å². The average Bonchev–Trinajstić information content (AvgIpc) is 2.92. The number of ether oxygens (including phenoxy) is 1. The Kier molecular flexibility index (Phi) is 7.13. The van der Waals surface area contributed by atoms with Gasteiger partial charge >= 0.3 is 5.97 Å². The van der Waals surface area contributed by atoms with Gasteiger partial charge in [0.25, 0.3) is 0 Å². The van der Waals surface area contributed by atoms with Gasteiger partial charge in [-0.05, 0) is 82.1 Å². The number of benzene rings is 5. The Balaban J connectivity index is 1.32. The van der Waals surface area contributed by atoms with Gasteiger partial charge in [-0.2, -0.15) is 0 Å². The molecular weight excluding hydrogens is 465 g/mol. The molecule has 0 aliphatic rings. The maximum absolute atomic E-state index is 13.8. The van der Waals surface area contributed by atoms with Crippen molar-refractivity contribution in [1.82, 2.24) is 0 Å². The maximum Gasteiger partial charge on any atom is 0.335 e. The Morgan fingerprint density at radius 3 is 2.14 bits per heavy atom. The number of rotatable bonds is 9. The summed E-state index contributed by atoms with van der Waals surface area (Å²) >= 11 is 0. The lowest BCUT2D eigenvalue weighted by atomic mass is 10.1. The molecule has 5 rings (SSSR count). The minimum absolute atomic E-state index is 0.244. The largest absolute Gasteiger partial charge is 0.489 e. The highest BCUT2D eigenvalue weighted by Gasteiger charge is 2.11. The number of carbonyl (C=O) groups is 1. The minimum atomic E-state index is -0.956. The van der Waals surface area contributed by atoms with Crippen LogP contribution in [0.4, 0.5) is 10.1 Å². The van der Waals surface area contributed by atoms with Gasteiger partial charge in [0.1, 0.15) is 18.2 Å². The van der Waals surface area contributed by atoms with Gasteiger partial charge < -0.3 is 14.7 Å². The van der Waals surface area contributed by atoms with Crippen LogP contribution in [0.3, 0.4) is 0 Å². The fourth-order valence-electron chi connectivity index (χ4n) is 4.32. The van der Waals surface area contributed by atoms with E-state index < -0.39 is 5.97 Å². The minimum Gasteiger partial charge on any atom is -0.489 e. The number of carboxylic acids is 1. The SMILES string of the molecule is O=C(O)c1ccc(CN(Cc2cccc(F)c2)c2ccc(OCc3ccc4ccccc4c3)cc2)cc1. The lowest BCUT2D eigenvalue weighted by molar-refractivity contribution is 0.0697. The van der Waals surface area contributed by atoms with Crippen molar-refractivity contribution in [3.05, 3.63) is 143 Å². The first-order valence-electron chi connectivity index (χ1n) is 12.1. The highest BCUT2D eigenvalue weighted by Crippen LogP contribution is 2.25. The molecule has 0 fully saturated rings. The second-order valence-corrected chi connectivity index (χ2v) is 8.95. The summed E-state index contributed by atoms with van der Waals surface area (Å²) < 4.78 is 19.9. The first kappa shape index (κ1) is 24.1. The number of halogens is 1. The molecule has 0 aliphatic carbocycles. The summed E-state index contributed by atoms with van der Waals surface area (Å²) in [4.78, 5) is 13.3. The van der Waals surface area contributed by atoms with Crippen molar-refractivity contribution in [3.8, 4) is 5.75 Å². The van der Waals surface area contributed by atoms with Crippen molar-refractivity contribution < 1.29 is 19.0 Å². The van der Waals surface area contributed by atoms with E-state index in [1.807, 2.05) is 54.6 Å². The molecule has 0 aliphatic heterocycles. The fraction of sp³-hybridized carbons (Fsp3) is 0.0938. The highest BCUT2D eigenvalue weighted by atomic mass is 19.1. The van der Waals surface area contributed by atoms with Crippen molar-refractivity contribution in [2.75, 3.05) is 4.90 Å². The van der Waals surface area contributed by atoms with Gasteiger partial charge in [-0.1, -0.05) is 60.7 Å². The van der Waals surface area contributed by atoms with E-state index in [1.54, 1.807) is 18.2 Å². The van der Waals surface area contributed by atoms with Gasteiger partial charge in [-0.25, -0.2) is 9.18 Å². The third-order valence-electron chi connectivity index (χ3n) is 6.26. The monoisotopic (exact) mass is 491 g/mol. The van der Waals surface area contributed by atoms with Gasteiger partial charge in [-0.3, -0.25) is 0 Å². The van der Waals surface area contributed by atoms with Crippen LogP contribution in [0.15, 0.2) is 115 Å². The van der Waals surface area contributed by atoms with Crippen LogP contribution in [0.5, 0.6) is 5.75 Å². The molecule has 0 bridgehead atoms.